The number of fused-ring (bicyclic) bond motifs is 3. The first-order chi connectivity index (χ1) is 27.8. The van der Waals surface area contributed by atoms with E-state index < -0.39 is 11.9 Å². The maximum absolute atomic E-state index is 13.3. The first kappa shape index (κ1) is 36.0. The van der Waals surface area contributed by atoms with Crippen LogP contribution in [0.5, 0.6) is 17.2 Å². The van der Waals surface area contributed by atoms with Crippen molar-refractivity contribution in [3.8, 4) is 17.2 Å². The summed E-state index contributed by atoms with van der Waals surface area (Å²) in [4.78, 5) is 44.1. The third-order valence-corrected chi connectivity index (χ3v) is 13.9. The molecule has 2 N–H and O–H groups in total. The second-order valence-corrected chi connectivity index (χ2v) is 17.2. The Morgan fingerprint density at radius 3 is 2.32 bits per heavy atom. The van der Waals surface area contributed by atoms with Gasteiger partial charge < -0.3 is 24.4 Å². The van der Waals surface area contributed by atoms with E-state index in [-0.39, 0.29) is 30.3 Å². The van der Waals surface area contributed by atoms with Crippen LogP contribution >= 0.6 is 0 Å². The molecule has 6 aliphatic rings. The fraction of sp³-hybridized carbons (Fsp3) is 0.426. The van der Waals surface area contributed by atoms with E-state index in [1.54, 1.807) is 11.0 Å². The molecule has 294 valence electrons. The van der Waals surface area contributed by atoms with Crippen molar-refractivity contribution in [3.63, 3.8) is 0 Å². The van der Waals surface area contributed by atoms with Crippen LogP contribution in [0.1, 0.15) is 95.0 Å². The molecule has 0 aromatic heterocycles. The largest absolute Gasteiger partial charge is 0.508 e. The number of aryl methyl sites for hydroxylation is 1. The molecule has 57 heavy (non-hydrogen) atoms. The van der Waals surface area contributed by atoms with Crippen molar-refractivity contribution in [2.24, 2.45) is 5.41 Å². The van der Waals surface area contributed by atoms with Crippen LogP contribution in [0.2, 0.25) is 0 Å². The Hall–Kier alpha value is -5.35. The number of benzene rings is 4. The summed E-state index contributed by atoms with van der Waals surface area (Å²) in [6, 6.07) is 29.2. The first-order valence-corrected chi connectivity index (χ1v) is 20.8. The number of anilines is 1. The van der Waals surface area contributed by atoms with Gasteiger partial charge in [0.2, 0.25) is 11.8 Å². The molecule has 10 rings (SSSR count). The number of hydrogen-bond acceptors (Lipinski definition) is 8. The molecule has 1 spiro atoms. The van der Waals surface area contributed by atoms with Gasteiger partial charge in [-0.2, -0.15) is 0 Å². The van der Waals surface area contributed by atoms with Crippen LogP contribution in [0.25, 0.3) is 0 Å². The SMILES string of the molecule is O=C1CCC(N2Cc3cc4c(cc3C2=O)OCC(CN2CCC3(CC2)CCN(c2ccc([C@@H]5c6ccc(O)cc6CC[C@@H]5c5ccccc5)cc2)CC3)O4)C(=O)N1. The minimum Gasteiger partial charge on any atom is -0.508 e. The van der Waals surface area contributed by atoms with Crippen molar-refractivity contribution in [2.75, 3.05) is 44.2 Å². The van der Waals surface area contributed by atoms with E-state index in [4.69, 9.17) is 9.47 Å². The number of nitrogens with zero attached hydrogens (tertiary/aromatic N) is 3. The Kier molecular flexibility index (Phi) is 9.19. The van der Waals surface area contributed by atoms with Crippen LogP contribution < -0.4 is 19.7 Å². The van der Waals surface area contributed by atoms with E-state index >= 15 is 0 Å². The van der Waals surface area contributed by atoms with E-state index in [9.17, 15) is 19.5 Å². The predicted molar refractivity (Wildman–Crippen MR) is 216 cm³/mol. The summed E-state index contributed by atoms with van der Waals surface area (Å²) in [7, 11) is 0. The van der Waals surface area contributed by atoms with Gasteiger partial charge in [0.15, 0.2) is 11.5 Å². The molecule has 4 aromatic rings. The number of carbonyl (C=O) groups is 3. The van der Waals surface area contributed by atoms with Crippen LogP contribution in [-0.2, 0) is 22.6 Å². The molecule has 3 amide bonds. The van der Waals surface area contributed by atoms with Crippen molar-refractivity contribution >= 4 is 23.4 Å². The summed E-state index contributed by atoms with van der Waals surface area (Å²) < 4.78 is 12.6. The molecule has 5 aliphatic heterocycles. The number of piperidine rings is 3. The molecule has 3 fully saturated rings. The minimum absolute atomic E-state index is 0.102. The fourth-order valence-electron chi connectivity index (χ4n) is 10.7. The van der Waals surface area contributed by atoms with E-state index in [1.165, 1.54) is 53.6 Å². The number of likely N-dealkylation sites (tertiary alicyclic amines) is 1. The average Bonchev–Trinajstić information content (AvgIpc) is 3.55. The number of imide groups is 1. The zero-order valence-corrected chi connectivity index (χ0v) is 32.3. The number of carbonyl (C=O) groups excluding carboxylic acids is 3. The second-order valence-electron chi connectivity index (χ2n) is 17.2. The summed E-state index contributed by atoms with van der Waals surface area (Å²) in [6.45, 7) is 5.77. The highest BCUT2D eigenvalue weighted by molar-refractivity contribution is 6.05. The van der Waals surface area contributed by atoms with Gasteiger partial charge in [0.25, 0.3) is 5.91 Å². The third-order valence-electron chi connectivity index (χ3n) is 13.9. The predicted octanol–water partition coefficient (Wildman–Crippen LogP) is 6.54. The van der Waals surface area contributed by atoms with Crippen molar-refractivity contribution in [3.05, 3.63) is 118 Å². The smallest absolute Gasteiger partial charge is 0.255 e. The number of nitrogens with one attached hydrogen (secondary N) is 1. The van der Waals surface area contributed by atoms with E-state index in [0.29, 0.717) is 53.7 Å². The molecule has 10 nitrogen and oxygen atoms in total. The molecule has 3 saturated heterocycles. The fourth-order valence-corrected chi connectivity index (χ4v) is 10.7. The highest BCUT2D eigenvalue weighted by atomic mass is 16.6. The number of phenols is 1. The average molecular weight is 767 g/mol. The van der Waals surface area contributed by atoms with Crippen molar-refractivity contribution in [1.29, 1.82) is 0 Å². The standard InChI is InChI=1S/C47H50N4O6/c52-35-11-13-38-32(24-35)8-12-37(30-4-2-1-3-5-30)44(38)31-6-9-34(10-7-31)50-22-18-47(19-23-50)16-20-49(21-17-47)28-36-29-56-41-26-39-33(25-42(41)57-36)27-51(46(39)55)40-14-15-43(53)48-45(40)54/h1-7,9-11,13,24-26,36-37,40,44,52H,8,12,14-23,27-29H2,(H,48,53,54)/t36?,37-,40?,44+/m1/s1. The molecule has 2 unspecified atom stereocenters. The molecule has 4 atom stereocenters. The lowest BCUT2D eigenvalue weighted by atomic mass is 9.69. The van der Waals surface area contributed by atoms with Crippen LogP contribution in [0, 0.1) is 5.41 Å². The van der Waals surface area contributed by atoms with Crippen molar-refractivity contribution in [2.45, 2.75) is 81.9 Å². The number of hydrogen-bond donors (Lipinski definition) is 2. The Balaban J connectivity index is 0.737. The molecule has 4 aromatic carbocycles. The second kappa shape index (κ2) is 14.5. The van der Waals surface area contributed by atoms with Gasteiger partial charge in [-0.05, 0) is 134 Å². The molecule has 1 aliphatic carbocycles. The lowest BCUT2D eigenvalue weighted by Crippen LogP contribution is -2.52. The number of rotatable bonds is 6. The molecular weight excluding hydrogens is 717 g/mol. The highest BCUT2D eigenvalue weighted by Crippen LogP contribution is 2.48. The van der Waals surface area contributed by atoms with Crippen LogP contribution in [0.3, 0.4) is 0 Å². The lowest BCUT2D eigenvalue weighted by Gasteiger charge is -2.48. The van der Waals surface area contributed by atoms with Gasteiger partial charge in [0.1, 0.15) is 24.5 Å². The Morgan fingerprint density at radius 2 is 1.54 bits per heavy atom. The number of aromatic hydroxyl groups is 1. The third kappa shape index (κ3) is 6.81. The molecule has 10 heteroatoms. The highest BCUT2D eigenvalue weighted by Gasteiger charge is 2.42. The lowest BCUT2D eigenvalue weighted by molar-refractivity contribution is -0.136. The molecule has 5 heterocycles. The summed E-state index contributed by atoms with van der Waals surface area (Å²) >= 11 is 0. The monoisotopic (exact) mass is 766 g/mol. The first-order valence-electron chi connectivity index (χ1n) is 20.8. The maximum Gasteiger partial charge on any atom is 0.255 e. The number of ether oxygens (including phenoxy) is 2. The molecule has 0 bridgehead atoms. The van der Waals surface area contributed by atoms with Gasteiger partial charge in [0.05, 0.1) is 0 Å². The van der Waals surface area contributed by atoms with Crippen LogP contribution in [-0.4, -0.2) is 84.1 Å². The van der Waals surface area contributed by atoms with Gasteiger partial charge in [-0.1, -0.05) is 48.5 Å². The summed E-state index contributed by atoms with van der Waals surface area (Å²) in [5.74, 6) is 1.31. The van der Waals surface area contributed by atoms with Gasteiger partial charge in [-0.3, -0.25) is 24.6 Å². The quantitative estimate of drug-likeness (QED) is 0.213. The number of amides is 3. The van der Waals surface area contributed by atoms with E-state index in [2.05, 4.69) is 75.8 Å². The number of phenolic OH excluding ortho intramolecular Hbond substituents is 1. The molecule has 0 radical (unpaired) electrons. The minimum atomic E-state index is -0.646. The summed E-state index contributed by atoms with van der Waals surface area (Å²) in [5, 5.41) is 12.6. The van der Waals surface area contributed by atoms with Gasteiger partial charge >= 0.3 is 0 Å². The van der Waals surface area contributed by atoms with E-state index in [1.807, 2.05) is 18.2 Å². The van der Waals surface area contributed by atoms with Gasteiger partial charge in [-0.25, -0.2) is 0 Å². The van der Waals surface area contributed by atoms with Gasteiger partial charge in [-0.15, -0.1) is 0 Å². The topological polar surface area (TPSA) is 112 Å². The molecular formula is C47H50N4O6. The van der Waals surface area contributed by atoms with Gasteiger partial charge in [0, 0.05) is 49.8 Å². The van der Waals surface area contributed by atoms with E-state index in [0.717, 1.165) is 51.1 Å². The van der Waals surface area contributed by atoms with Crippen molar-refractivity contribution in [1.82, 2.24) is 15.1 Å². The Morgan fingerprint density at radius 1 is 0.772 bits per heavy atom. The Bertz CT molecular complexity index is 2190. The van der Waals surface area contributed by atoms with Crippen LogP contribution in [0.15, 0.2) is 84.9 Å². The normalized spacial score (nSPS) is 25.6. The van der Waals surface area contributed by atoms with Crippen LogP contribution in [0.4, 0.5) is 5.69 Å². The Labute approximate surface area is 333 Å². The van der Waals surface area contributed by atoms with Crippen molar-refractivity contribution < 1.29 is 29.0 Å². The summed E-state index contributed by atoms with van der Waals surface area (Å²) in [6.07, 6.45) is 7.28. The molecule has 0 saturated carbocycles. The maximum atomic E-state index is 13.3. The zero-order chi connectivity index (χ0) is 38.7. The summed E-state index contributed by atoms with van der Waals surface area (Å²) in [5.41, 5.74) is 8.36. The zero-order valence-electron chi connectivity index (χ0n) is 32.3.